The maximum absolute atomic E-state index is 5.18. The molecule has 13 aromatic rings. The molecular formula is C60H38N8. The molecule has 13 rings (SSSR count). The summed E-state index contributed by atoms with van der Waals surface area (Å²) in [4.78, 5) is 30.7. The van der Waals surface area contributed by atoms with E-state index in [1.165, 1.54) is 0 Å². The molecule has 0 unspecified atom stereocenters. The van der Waals surface area contributed by atoms with Crippen LogP contribution in [0.5, 0.6) is 0 Å². The molecule has 318 valence electrons. The van der Waals surface area contributed by atoms with Gasteiger partial charge in [0.05, 0.1) is 22.1 Å². The van der Waals surface area contributed by atoms with E-state index >= 15 is 0 Å². The molecular weight excluding hydrogens is 833 g/mol. The molecule has 8 heteroatoms. The van der Waals surface area contributed by atoms with Gasteiger partial charge in [-0.1, -0.05) is 182 Å². The first-order valence-electron chi connectivity index (χ1n) is 22.6. The van der Waals surface area contributed by atoms with Crippen LogP contribution in [-0.2, 0) is 0 Å². The minimum absolute atomic E-state index is 0.558. The Hall–Kier alpha value is -9.40. The lowest BCUT2D eigenvalue weighted by Crippen LogP contribution is -2.06. The van der Waals surface area contributed by atoms with Crippen molar-refractivity contribution in [3.05, 3.63) is 231 Å². The molecule has 0 atom stereocenters. The largest absolute Gasteiger partial charge is 0.309 e. The molecule has 0 fully saturated rings. The van der Waals surface area contributed by atoms with Crippen LogP contribution in [0.15, 0.2) is 231 Å². The van der Waals surface area contributed by atoms with Crippen LogP contribution >= 0.6 is 0 Å². The van der Waals surface area contributed by atoms with Gasteiger partial charge < -0.3 is 4.57 Å². The van der Waals surface area contributed by atoms with Crippen molar-refractivity contribution in [1.82, 2.24) is 39.0 Å². The van der Waals surface area contributed by atoms with E-state index in [0.717, 1.165) is 88.2 Å². The molecule has 0 saturated heterocycles. The summed E-state index contributed by atoms with van der Waals surface area (Å²) in [6, 6.07) is 79.3. The summed E-state index contributed by atoms with van der Waals surface area (Å²) >= 11 is 0. The van der Waals surface area contributed by atoms with Crippen molar-refractivity contribution >= 4 is 43.6 Å². The summed E-state index contributed by atoms with van der Waals surface area (Å²) in [5.74, 6) is 3.62. The highest BCUT2D eigenvalue weighted by Gasteiger charge is 2.22. The second-order valence-corrected chi connectivity index (χ2v) is 16.7. The van der Waals surface area contributed by atoms with Crippen molar-refractivity contribution in [3.8, 4) is 79.7 Å². The van der Waals surface area contributed by atoms with E-state index in [-0.39, 0.29) is 0 Å². The zero-order chi connectivity index (χ0) is 45.0. The molecule has 0 saturated carbocycles. The molecule has 0 spiro atoms. The highest BCUT2D eigenvalue weighted by atomic mass is 15.2. The lowest BCUT2D eigenvalue weighted by atomic mass is 9.99. The van der Waals surface area contributed by atoms with Gasteiger partial charge in [0.25, 0.3) is 0 Å². The standard InChI is InChI=1S/C60H38N8/c1-5-19-39(20-6-1)45-27-13-14-30-48(45)59-63-55(40-21-7-2-8-22-40)61-56(64-59)43-33-35-44(36-34-43)67-51-31-17-15-28-46(51)49-38-54-50(37-53(49)67)47-29-16-18-32-52(47)68(54)60-65-57(41-23-9-3-10-24-41)62-58(66-60)42-25-11-4-12-26-42/h1-38H. The maximum Gasteiger partial charge on any atom is 0.238 e. The molecule has 9 aromatic carbocycles. The first-order chi connectivity index (χ1) is 33.7. The molecule has 0 amide bonds. The van der Waals surface area contributed by atoms with Crippen molar-refractivity contribution in [2.24, 2.45) is 0 Å². The quantitative estimate of drug-likeness (QED) is 0.151. The molecule has 0 N–H and O–H groups in total. The van der Waals surface area contributed by atoms with Crippen LogP contribution in [0.4, 0.5) is 0 Å². The van der Waals surface area contributed by atoms with Gasteiger partial charge in [-0.15, -0.1) is 0 Å². The van der Waals surface area contributed by atoms with E-state index in [0.29, 0.717) is 35.1 Å². The third kappa shape index (κ3) is 6.70. The van der Waals surface area contributed by atoms with Gasteiger partial charge in [0.15, 0.2) is 29.1 Å². The van der Waals surface area contributed by atoms with Crippen LogP contribution in [0.25, 0.3) is 123 Å². The van der Waals surface area contributed by atoms with E-state index in [9.17, 15) is 0 Å². The van der Waals surface area contributed by atoms with Crippen molar-refractivity contribution in [3.63, 3.8) is 0 Å². The number of aromatic nitrogens is 8. The Kier molecular flexibility index (Phi) is 9.31. The zero-order valence-corrected chi connectivity index (χ0v) is 36.5. The number of hydrogen-bond acceptors (Lipinski definition) is 6. The Morgan fingerprint density at radius 1 is 0.235 bits per heavy atom. The van der Waals surface area contributed by atoms with Crippen LogP contribution in [0.1, 0.15) is 0 Å². The Balaban J connectivity index is 0.976. The smallest absolute Gasteiger partial charge is 0.238 e. The lowest BCUT2D eigenvalue weighted by Gasteiger charge is -2.13. The molecule has 0 aliphatic rings. The van der Waals surface area contributed by atoms with Gasteiger partial charge in [-0.25, -0.2) is 19.9 Å². The summed E-state index contributed by atoms with van der Waals surface area (Å²) < 4.78 is 4.55. The third-order valence-corrected chi connectivity index (χ3v) is 12.7. The second kappa shape index (κ2) is 16.2. The molecule has 4 heterocycles. The average Bonchev–Trinajstić information content (AvgIpc) is 3.93. The molecule has 68 heavy (non-hydrogen) atoms. The number of nitrogens with zero attached hydrogens (tertiary/aromatic N) is 8. The van der Waals surface area contributed by atoms with E-state index in [4.69, 9.17) is 29.9 Å². The number of benzene rings is 9. The monoisotopic (exact) mass is 870 g/mol. The number of fused-ring (bicyclic) bond motifs is 6. The predicted molar refractivity (Wildman–Crippen MR) is 275 cm³/mol. The van der Waals surface area contributed by atoms with Crippen LogP contribution in [0.2, 0.25) is 0 Å². The average molecular weight is 871 g/mol. The maximum atomic E-state index is 5.18. The molecule has 8 nitrogen and oxygen atoms in total. The van der Waals surface area contributed by atoms with E-state index in [1.54, 1.807) is 0 Å². The molecule has 0 radical (unpaired) electrons. The Morgan fingerprint density at radius 3 is 1.12 bits per heavy atom. The van der Waals surface area contributed by atoms with Crippen molar-refractivity contribution in [2.45, 2.75) is 0 Å². The zero-order valence-electron chi connectivity index (χ0n) is 36.5. The van der Waals surface area contributed by atoms with Gasteiger partial charge in [-0.3, -0.25) is 4.57 Å². The van der Waals surface area contributed by atoms with Crippen LogP contribution in [-0.4, -0.2) is 39.0 Å². The van der Waals surface area contributed by atoms with Crippen LogP contribution < -0.4 is 0 Å². The van der Waals surface area contributed by atoms with Crippen molar-refractivity contribution < 1.29 is 0 Å². The predicted octanol–water partition coefficient (Wildman–Crippen LogP) is 14.3. The first-order valence-corrected chi connectivity index (χ1v) is 22.6. The van der Waals surface area contributed by atoms with Crippen LogP contribution in [0, 0.1) is 0 Å². The first kappa shape index (κ1) is 39.0. The number of hydrogen-bond donors (Lipinski definition) is 0. The fraction of sp³-hybridized carbons (Fsp3) is 0. The van der Waals surface area contributed by atoms with Crippen LogP contribution in [0.3, 0.4) is 0 Å². The van der Waals surface area contributed by atoms with E-state index < -0.39 is 0 Å². The van der Waals surface area contributed by atoms with Gasteiger partial charge in [-0.2, -0.15) is 9.97 Å². The number of rotatable bonds is 8. The van der Waals surface area contributed by atoms with E-state index in [1.807, 2.05) is 103 Å². The van der Waals surface area contributed by atoms with E-state index in [2.05, 4.69) is 137 Å². The van der Waals surface area contributed by atoms with Gasteiger partial charge in [0.1, 0.15) is 0 Å². The number of para-hydroxylation sites is 2. The van der Waals surface area contributed by atoms with Gasteiger partial charge in [0, 0.05) is 55.0 Å². The SMILES string of the molecule is c1ccc(-c2nc(-c3ccc(-n4c5ccccc5c5cc6c(cc54)c4ccccc4n6-c4nc(-c5ccccc5)nc(-c5ccccc5)n4)cc3)nc(-c3ccccc3-c3ccccc3)n2)cc1. The molecule has 4 aromatic heterocycles. The minimum atomic E-state index is 0.558. The summed E-state index contributed by atoms with van der Waals surface area (Å²) in [5.41, 5.74) is 12.0. The summed E-state index contributed by atoms with van der Waals surface area (Å²) in [6.07, 6.45) is 0. The molecule has 0 aliphatic heterocycles. The molecule has 0 bridgehead atoms. The fourth-order valence-electron chi connectivity index (χ4n) is 9.47. The normalized spacial score (nSPS) is 11.5. The highest BCUT2D eigenvalue weighted by molar-refractivity contribution is 6.19. The Morgan fingerprint density at radius 2 is 0.603 bits per heavy atom. The highest BCUT2D eigenvalue weighted by Crippen LogP contribution is 2.40. The second-order valence-electron chi connectivity index (χ2n) is 16.7. The fourth-order valence-corrected chi connectivity index (χ4v) is 9.47. The van der Waals surface area contributed by atoms with Gasteiger partial charge in [-0.05, 0) is 59.7 Å². The summed E-state index contributed by atoms with van der Waals surface area (Å²) in [6.45, 7) is 0. The van der Waals surface area contributed by atoms with Gasteiger partial charge in [0.2, 0.25) is 5.95 Å². The Labute approximate surface area is 391 Å². The minimum Gasteiger partial charge on any atom is -0.309 e. The summed E-state index contributed by atoms with van der Waals surface area (Å²) in [7, 11) is 0. The topological polar surface area (TPSA) is 87.2 Å². The lowest BCUT2D eigenvalue weighted by molar-refractivity contribution is 0.954. The Bertz CT molecular complexity index is 3940. The van der Waals surface area contributed by atoms with Crippen molar-refractivity contribution in [2.75, 3.05) is 0 Å². The third-order valence-electron chi connectivity index (χ3n) is 12.7. The molecule has 0 aliphatic carbocycles. The van der Waals surface area contributed by atoms with Crippen molar-refractivity contribution in [1.29, 1.82) is 0 Å². The van der Waals surface area contributed by atoms with Gasteiger partial charge >= 0.3 is 0 Å². The summed E-state index contributed by atoms with van der Waals surface area (Å²) in [5, 5.41) is 4.46.